The van der Waals surface area contributed by atoms with Crippen molar-refractivity contribution in [1.29, 1.82) is 0 Å². The fourth-order valence-corrected chi connectivity index (χ4v) is 3.82. The Bertz CT molecular complexity index is 1190. The SMILES string of the molecule is COc1cc(C(=O)Nc2nc3ccc(NC(C)=O)cc3s2)c([N+](=O)[O-])c(OC)c1OC. The number of hydrogen-bond donors (Lipinski definition) is 2. The second kappa shape index (κ2) is 8.83. The van der Waals surface area contributed by atoms with E-state index in [1.54, 1.807) is 18.2 Å². The van der Waals surface area contributed by atoms with E-state index in [4.69, 9.17) is 14.2 Å². The number of nitro benzene ring substituents is 1. The van der Waals surface area contributed by atoms with E-state index in [-0.39, 0.29) is 33.9 Å². The van der Waals surface area contributed by atoms with Crippen molar-refractivity contribution in [2.75, 3.05) is 32.0 Å². The first-order valence-corrected chi connectivity index (χ1v) is 9.57. The maximum atomic E-state index is 12.9. The lowest BCUT2D eigenvalue weighted by atomic mass is 10.1. The molecule has 3 rings (SSSR count). The smallest absolute Gasteiger partial charge is 0.327 e. The summed E-state index contributed by atoms with van der Waals surface area (Å²) in [5, 5.41) is 17.2. The number of amides is 2. The number of aromatic nitrogens is 1. The van der Waals surface area contributed by atoms with E-state index in [0.29, 0.717) is 15.9 Å². The molecular weight excluding hydrogens is 428 g/mol. The van der Waals surface area contributed by atoms with Crippen LogP contribution in [0.4, 0.5) is 16.5 Å². The summed E-state index contributed by atoms with van der Waals surface area (Å²) in [4.78, 5) is 39.4. The fourth-order valence-electron chi connectivity index (χ4n) is 2.92. The Morgan fingerprint density at radius 2 is 1.77 bits per heavy atom. The molecule has 0 unspecified atom stereocenters. The van der Waals surface area contributed by atoms with E-state index in [9.17, 15) is 19.7 Å². The molecular formula is C19H18N4O7S. The molecule has 0 radical (unpaired) electrons. The number of thiazole rings is 1. The largest absolute Gasteiger partial charge is 0.493 e. The van der Waals surface area contributed by atoms with Crippen LogP contribution in [0.1, 0.15) is 17.3 Å². The highest BCUT2D eigenvalue weighted by Crippen LogP contribution is 2.46. The summed E-state index contributed by atoms with van der Waals surface area (Å²) in [5.41, 5.74) is 0.333. The van der Waals surface area contributed by atoms with E-state index < -0.39 is 16.5 Å². The van der Waals surface area contributed by atoms with Gasteiger partial charge in [0.15, 0.2) is 10.9 Å². The summed E-state index contributed by atoms with van der Waals surface area (Å²) in [5.74, 6) is -1.13. The Morgan fingerprint density at radius 1 is 1.06 bits per heavy atom. The van der Waals surface area contributed by atoms with Crippen LogP contribution in [-0.2, 0) is 4.79 Å². The minimum atomic E-state index is -0.771. The molecule has 1 aromatic heterocycles. The lowest BCUT2D eigenvalue weighted by Crippen LogP contribution is -2.15. The first-order chi connectivity index (χ1) is 14.8. The number of carbonyl (C=O) groups is 2. The average molecular weight is 446 g/mol. The van der Waals surface area contributed by atoms with Crippen LogP contribution in [0.25, 0.3) is 10.2 Å². The van der Waals surface area contributed by atoms with Crippen molar-refractivity contribution in [1.82, 2.24) is 4.98 Å². The summed E-state index contributed by atoms with van der Waals surface area (Å²) >= 11 is 1.15. The van der Waals surface area contributed by atoms with Crippen LogP contribution in [0.3, 0.4) is 0 Å². The molecule has 0 bridgehead atoms. The van der Waals surface area contributed by atoms with Crippen LogP contribution in [0.5, 0.6) is 17.2 Å². The highest BCUT2D eigenvalue weighted by atomic mass is 32.1. The second-order valence-electron chi connectivity index (χ2n) is 6.14. The standard InChI is InChI=1S/C19H18N4O7S/c1-9(24)20-10-5-6-12-14(7-10)31-19(21-12)22-18(25)11-8-13(28-2)16(29-3)17(30-4)15(11)23(26)27/h5-8H,1-4H3,(H,20,24)(H,21,22,25). The topological polar surface area (TPSA) is 142 Å². The fraction of sp³-hybridized carbons (Fsp3) is 0.211. The third kappa shape index (κ3) is 4.33. The van der Waals surface area contributed by atoms with E-state index in [2.05, 4.69) is 15.6 Å². The number of methoxy groups -OCH3 is 3. The monoisotopic (exact) mass is 446 g/mol. The van der Waals surface area contributed by atoms with Crippen molar-refractivity contribution in [2.24, 2.45) is 0 Å². The number of hydrogen-bond acceptors (Lipinski definition) is 9. The van der Waals surface area contributed by atoms with Gasteiger partial charge >= 0.3 is 5.69 Å². The number of fused-ring (bicyclic) bond motifs is 1. The van der Waals surface area contributed by atoms with Gasteiger partial charge in [0.25, 0.3) is 5.91 Å². The zero-order valence-electron chi connectivity index (χ0n) is 17.0. The number of ether oxygens (including phenoxy) is 3. The molecule has 1 heterocycles. The van der Waals surface area contributed by atoms with Crippen molar-refractivity contribution in [3.05, 3.63) is 39.9 Å². The summed E-state index contributed by atoms with van der Waals surface area (Å²) in [7, 11) is 3.87. The highest BCUT2D eigenvalue weighted by molar-refractivity contribution is 7.22. The Labute approximate surface area is 180 Å². The van der Waals surface area contributed by atoms with Crippen LogP contribution in [-0.4, -0.2) is 43.1 Å². The van der Waals surface area contributed by atoms with Gasteiger partial charge < -0.3 is 19.5 Å². The highest BCUT2D eigenvalue weighted by Gasteiger charge is 2.32. The predicted octanol–water partition coefficient (Wildman–Crippen LogP) is 3.44. The molecule has 0 aliphatic carbocycles. The summed E-state index contributed by atoms with van der Waals surface area (Å²) in [6, 6.07) is 6.29. The molecule has 3 aromatic rings. The maximum absolute atomic E-state index is 12.9. The zero-order valence-corrected chi connectivity index (χ0v) is 17.8. The Hall–Kier alpha value is -3.93. The summed E-state index contributed by atoms with van der Waals surface area (Å²) in [6.07, 6.45) is 0. The van der Waals surface area contributed by atoms with E-state index in [0.717, 1.165) is 11.3 Å². The van der Waals surface area contributed by atoms with Gasteiger partial charge in [-0.15, -0.1) is 0 Å². The van der Waals surface area contributed by atoms with Gasteiger partial charge in [-0.3, -0.25) is 25.0 Å². The average Bonchev–Trinajstić information content (AvgIpc) is 3.12. The number of nitrogens with zero attached hydrogens (tertiary/aromatic N) is 2. The van der Waals surface area contributed by atoms with Gasteiger partial charge in [-0.2, -0.15) is 0 Å². The maximum Gasteiger partial charge on any atom is 0.327 e. The molecule has 0 saturated heterocycles. The number of carbonyl (C=O) groups excluding carboxylic acids is 2. The molecule has 2 aromatic carbocycles. The molecule has 11 nitrogen and oxygen atoms in total. The first kappa shape index (κ1) is 21.8. The van der Waals surface area contributed by atoms with Gasteiger partial charge in [0.1, 0.15) is 5.56 Å². The van der Waals surface area contributed by atoms with Gasteiger partial charge in [-0.25, -0.2) is 4.98 Å². The van der Waals surface area contributed by atoms with Crippen molar-refractivity contribution in [2.45, 2.75) is 6.92 Å². The van der Waals surface area contributed by atoms with Gasteiger partial charge in [0.05, 0.1) is 36.5 Å². The van der Waals surface area contributed by atoms with Crippen LogP contribution >= 0.6 is 11.3 Å². The van der Waals surface area contributed by atoms with Gasteiger partial charge in [0, 0.05) is 18.7 Å². The molecule has 31 heavy (non-hydrogen) atoms. The minimum Gasteiger partial charge on any atom is -0.493 e. The van der Waals surface area contributed by atoms with Crippen molar-refractivity contribution in [3.8, 4) is 17.2 Å². The van der Waals surface area contributed by atoms with Crippen LogP contribution in [0.2, 0.25) is 0 Å². The molecule has 0 aliphatic heterocycles. The minimum absolute atomic E-state index is 0.00117. The molecule has 0 fully saturated rings. The van der Waals surface area contributed by atoms with Crippen LogP contribution < -0.4 is 24.8 Å². The number of benzene rings is 2. The quantitative estimate of drug-likeness (QED) is 0.415. The Kier molecular flexibility index (Phi) is 6.20. The third-order valence-electron chi connectivity index (χ3n) is 4.16. The molecule has 12 heteroatoms. The number of anilines is 2. The molecule has 162 valence electrons. The Morgan fingerprint density at radius 3 is 2.35 bits per heavy atom. The first-order valence-electron chi connectivity index (χ1n) is 8.75. The van der Waals surface area contributed by atoms with Crippen LogP contribution in [0, 0.1) is 10.1 Å². The second-order valence-corrected chi connectivity index (χ2v) is 7.17. The summed E-state index contributed by atoms with van der Waals surface area (Å²) in [6.45, 7) is 1.40. The number of nitro groups is 1. The van der Waals surface area contributed by atoms with Gasteiger partial charge in [0.2, 0.25) is 17.4 Å². The molecule has 2 amide bonds. The zero-order chi connectivity index (χ0) is 22.7. The van der Waals surface area contributed by atoms with Crippen molar-refractivity contribution >= 4 is 49.9 Å². The van der Waals surface area contributed by atoms with Gasteiger partial charge in [-0.1, -0.05) is 11.3 Å². The molecule has 0 atom stereocenters. The summed E-state index contributed by atoms with van der Waals surface area (Å²) < 4.78 is 16.2. The number of nitrogens with one attached hydrogen (secondary N) is 2. The number of rotatable bonds is 7. The van der Waals surface area contributed by atoms with E-state index in [1.165, 1.54) is 34.3 Å². The lowest BCUT2D eigenvalue weighted by Gasteiger charge is -2.14. The van der Waals surface area contributed by atoms with Gasteiger partial charge in [-0.05, 0) is 18.2 Å². The molecule has 0 spiro atoms. The Balaban J connectivity index is 2.01. The van der Waals surface area contributed by atoms with Crippen molar-refractivity contribution < 1.29 is 28.7 Å². The molecule has 0 saturated carbocycles. The molecule has 2 N–H and O–H groups in total. The van der Waals surface area contributed by atoms with Crippen molar-refractivity contribution in [3.63, 3.8) is 0 Å². The molecule has 0 aliphatic rings. The van der Waals surface area contributed by atoms with Crippen LogP contribution in [0.15, 0.2) is 24.3 Å². The van der Waals surface area contributed by atoms with E-state index >= 15 is 0 Å². The lowest BCUT2D eigenvalue weighted by molar-refractivity contribution is -0.386. The van der Waals surface area contributed by atoms with E-state index in [1.807, 2.05) is 0 Å². The normalized spacial score (nSPS) is 10.5. The predicted molar refractivity (Wildman–Crippen MR) is 115 cm³/mol. The third-order valence-corrected chi connectivity index (χ3v) is 5.09.